The molecule has 0 fully saturated rings. The molecule has 6 nitrogen and oxygen atoms in total. The van der Waals surface area contributed by atoms with E-state index in [2.05, 4.69) is 5.32 Å². The number of nitrogens with one attached hydrogen (secondary N) is 2. The van der Waals surface area contributed by atoms with Gasteiger partial charge in [-0.05, 0) is 47.3 Å². The summed E-state index contributed by atoms with van der Waals surface area (Å²) in [6, 6.07) is 14.3. The SMILES string of the molecule is COc1ccc(C(=O)NCc2ccc3cc(C(=O)NO)sc3c2)cc1. The highest BCUT2D eigenvalue weighted by molar-refractivity contribution is 7.20. The first kappa shape index (κ1) is 16.9. The number of benzene rings is 2. The number of carbonyl (C=O) groups excluding carboxylic acids is 2. The topological polar surface area (TPSA) is 87.7 Å². The van der Waals surface area contributed by atoms with Crippen molar-refractivity contribution in [1.29, 1.82) is 0 Å². The normalized spacial score (nSPS) is 10.5. The smallest absolute Gasteiger partial charge is 0.284 e. The number of thiophene rings is 1. The maximum absolute atomic E-state index is 12.2. The zero-order chi connectivity index (χ0) is 17.8. The fourth-order valence-electron chi connectivity index (χ4n) is 2.38. The average molecular weight is 356 g/mol. The molecule has 0 radical (unpaired) electrons. The molecule has 2 aromatic carbocycles. The van der Waals surface area contributed by atoms with Gasteiger partial charge in [-0.15, -0.1) is 11.3 Å². The fourth-order valence-corrected chi connectivity index (χ4v) is 3.40. The van der Waals surface area contributed by atoms with Gasteiger partial charge in [0.25, 0.3) is 11.8 Å². The van der Waals surface area contributed by atoms with Crippen molar-refractivity contribution in [3.8, 4) is 5.75 Å². The number of methoxy groups -OCH3 is 1. The van der Waals surface area contributed by atoms with E-state index in [1.54, 1.807) is 42.9 Å². The van der Waals surface area contributed by atoms with Gasteiger partial charge in [-0.25, -0.2) is 5.48 Å². The van der Waals surface area contributed by atoms with Crippen LogP contribution in [0.1, 0.15) is 25.6 Å². The van der Waals surface area contributed by atoms with Crippen LogP contribution < -0.4 is 15.5 Å². The Balaban J connectivity index is 1.69. The molecule has 2 amide bonds. The Morgan fingerprint density at radius 1 is 1.08 bits per heavy atom. The van der Waals surface area contributed by atoms with Crippen LogP contribution in [-0.2, 0) is 6.54 Å². The summed E-state index contributed by atoms with van der Waals surface area (Å²) in [5.41, 5.74) is 3.11. The van der Waals surface area contributed by atoms with E-state index in [0.29, 0.717) is 22.7 Å². The second kappa shape index (κ2) is 7.33. The molecule has 0 aliphatic carbocycles. The molecule has 0 aliphatic heterocycles. The minimum atomic E-state index is -0.532. The summed E-state index contributed by atoms with van der Waals surface area (Å²) in [5.74, 6) is -0.00717. The largest absolute Gasteiger partial charge is 0.497 e. The van der Waals surface area contributed by atoms with Gasteiger partial charge < -0.3 is 10.1 Å². The summed E-state index contributed by atoms with van der Waals surface area (Å²) >= 11 is 1.28. The third kappa shape index (κ3) is 3.78. The summed E-state index contributed by atoms with van der Waals surface area (Å²) in [5, 5.41) is 12.5. The van der Waals surface area contributed by atoms with E-state index >= 15 is 0 Å². The lowest BCUT2D eigenvalue weighted by Crippen LogP contribution is -2.22. The predicted molar refractivity (Wildman–Crippen MR) is 95.2 cm³/mol. The van der Waals surface area contributed by atoms with E-state index in [9.17, 15) is 9.59 Å². The van der Waals surface area contributed by atoms with Crippen molar-refractivity contribution in [3.63, 3.8) is 0 Å². The number of hydrogen-bond donors (Lipinski definition) is 3. The zero-order valence-electron chi connectivity index (χ0n) is 13.4. The van der Waals surface area contributed by atoms with E-state index in [1.165, 1.54) is 11.3 Å². The highest BCUT2D eigenvalue weighted by Gasteiger charge is 2.10. The van der Waals surface area contributed by atoms with E-state index in [4.69, 9.17) is 9.94 Å². The molecule has 25 heavy (non-hydrogen) atoms. The van der Waals surface area contributed by atoms with Crippen LogP contribution in [0.3, 0.4) is 0 Å². The van der Waals surface area contributed by atoms with Crippen molar-refractivity contribution in [2.75, 3.05) is 7.11 Å². The van der Waals surface area contributed by atoms with Crippen LogP contribution in [0, 0.1) is 0 Å². The fraction of sp³-hybridized carbons (Fsp3) is 0.111. The van der Waals surface area contributed by atoms with Crippen LogP contribution in [0.2, 0.25) is 0 Å². The number of hydrogen-bond acceptors (Lipinski definition) is 5. The first-order chi connectivity index (χ1) is 12.1. The van der Waals surface area contributed by atoms with Crippen molar-refractivity contribution in [1.82, 2.24) is 10.8 Å². The van der Waals surface area contributed by atoms with Crippen LogP contribution in [0.5, 0.6) is 5.75 Å². The zero-order valence-corrected chi connectivity index (χ0v) is 14.2. The van der Waals surface area contributed by atoms with Gasteiger partial charge in [-0.3, -0.25) is 14.8 Å². The quantitative estimate of drug-likeness (QED) is 0.484. The number of rotatable bonds is 5. The van der Waals surface area contributed by atoms with Crippen LogP contribution >= 0.6 is 11.3 Å². The lowest BCUT2D eigenvalue weighted by atomic mass is 10.1. The molecule has 1 heterocycles. The van der Waals surface area contributed by atoms with Gasteiger partial charge in [0.15, 0.2) is 0 Å². The van der Waals surface area contributed by atoms with E-state index in [0.717, 1.165) is 15.6 Å². The number of hydroxylamine groups is 1. The van der Waals surface area contributed by atoms with Gasteiger partial charge in [0.2, 0.25) is 0 Å². The van der Waals surface area contributed by atoms with Gasteiger partial charge in [0, 0.05) is 16.8 Å². The molecule has 3 N–H and O–H groups in total. The third-order valence-corrected chi connectivity index (χ3v) is 4.81. The highest BCUT2D eigenvalue weighted by atomic mass is 32.1. The maximum atomic E-state index is 12.2. The third-order valence-electron chi connectivity index (χ3n) is 3.72. The molecule has 0 spiro atoms. The van der Waals surface area contributed by atoms with Gasteiger partial charge in [0.05, 0.1) is 12.0 Å². The molecular weight excluding hydrogens is 340 g/mol. The molecule has 0 saturated carbocycles. The Hall–Kier alpha value is -2.90. The summed E-state index contributed by atoms with van der Waals surface area (Å²) < 4.78 is 5.98. The van der Waals surface area contributed by atoms with Crippen molar-refractivity contribution in [3.05, 3.63) is 64.5 Å². The van der Waals surface area contributed by atoms with Crippen LogP contribution in [0.15, 0.2) is 48.5 Å². The molecule has 1 aromatic heterocycles. The first-order valence-corrected chi connectivity index (χ1v) is 8.31. The van der Waals surface area contributed by atoms with Crippen molar-refractivity contribution in [2.45, 2.75) is 6.54 Å². The molecule has 3 aromatic rings. The summed E-state index contributed by atoms with van der Waals surface area (Å²) in [6.45, 7) is 0.375. The molecular formula is C18H16N2O4S. The van der Waals surface area contributed by atoms with E-state index in [-0.39, 0.29) is 5.91 Å². The number of ether oxygens (including phenoxy) is 1. The van der Waals surface area contributed by atoms with Crippen molar-refractivity contribution < 1.29 is 19.5 Å². The minimum absolute atomic E-state index is 0.172. The Labute approximate surface area is 148 Å². The number of amides is 2. The number of carbonyl (C=O) groups is 2. The standard InChI is InChI=1S/C18H16N2O4S/c1-24-14-6-4-12(5-7-14)17(21)19-10-11-2-3-13-9-16(18(22)20-23)25-15(13)8-11/h2-9,23H,10H2,1H3,(H,19,21)(H,20,22). The predicted octanol–water partition coefficient (Wildman–Crippen LogP) is 2.96. The molecule has 0 aliphatic rings. The molecule has 0 atom stereocenters. The summed E-state index contributed by atoms with van der Waals surface area (Å²) in [6.07, 6.45) is 0. The molecule has 0 bridgehead atoms. The lowest BCUT2D eigenvalue weighted by Gasteiger charge is -2.06. The number of fused-ring (bicyclic) bond motifs is 1. The molecule has 128 valence electrons. The van der Waals surface area contributed by atoms with Crippen molar-refractivity contribution >= 4 is 33.2 Å². The lowest BCUT2D eigenvalue weighted by molar-refractivity contribution is 0.0711. The first-order valence-electron chi connectivity index (χ1n) is 7.50. The van der Waals surface area contributed by atoms with Crippen molar-refractivity contribution in [2.24, 2.45) is 0 Å². The monoisotopic (exact) mass is 356 g/mol. The maximum Gasteiger partial charge on any atom is 0.284 e. The minimum Gasteiger partial charge on any atom is -0.497 e. The Morgan fingerprint density at radius 3 is 2.52 bits per heavy atom. The second-order valence-corrected chi connectivity index (χ2v) is 6.42. The summed E-state index contributed by atoms with van der Waals surface area (Å²) in [4.78, 5) is 24.1. The summed E-state index contributed by atoms with van der Waals surface area (Å²) in [7, 11) is 1.57. The van der Waals surface area contributed by atoms with E-state index < -0.39 is 5.91 Å². The van der Waals surface area contributed by atoms with Gasteiger partial charge in [0.1, 0.15) is 5.75 Å². The molecule has 0 saturated heterocycles. The molecule has 0 unspecified atom stereocenters. The molecule has 7 heteroatoms. The van der Waals surface area contributed by atoms with Gasteiger partial charge >= 0.3 is 0 Å². The molecule has 3 rings (SSSR count). The Bertz CT molecular complexity index is 918. The average Bonchev–Trinajstić information content (AvgIpc) is 3.08. The second-order valence-electron chi connectivity index (χ2n) is 5.33. The van der Waals surface area contributed by atoms with Crippen LogP contribution in [0.25, 0.3) is 10.1 Å². The highest BCUT2D eigenvalue weighted by Crippen LogP contribution is 2.26. The van der Waals surface area contributed by atoms with Crippen LogP contribution in [0.4, 0.5) is 0 Å². The van der Waals surface area contributed by atoms with Gasteiger partial charge in [-0.1, -0.05) is 12.1 Å². The van der Waals surface area contributed by atoms with Gasteiger partial charge in [-0.2, -0.15) is 0 Å². The van der Waals surface area contributed by atoms with Crippen LogP contribution in [-0.4, -0.2) is 24.1 Å². The van der Waals surface area contributed by atoms with E-state index in [1.807, 2.05) is 18.2 Å². The Morgan fingerprint density at radius 2 is 1.84 bits per heavy atom. The Kier molecular flexibility index (Phi) is 4.97.